The zero-order valence-corrected chi connectivity index (χ0v) is 14.2. The SMILES string of the molecule is CCc1ccccc1CNC(=O)[C@@]12CCCC[C@H]1CNC2.Cl. The first-order valence-electron chi connectivity index (χ1n) is 8.32. The molecule has 0 spiro atoms. The number of nitrogens with one attached hydrogen (secondary N) is 2. The summed E-state index contributed by atoms with van der Waals surface area (Å²) in [5, 5.41) is 6.67. The highest BCUT2D eigenvalue weighted by Gasteiger charge is 2.49. The Morgan fingerprint density at radius 1 is 1.32 bits per heavy atom. The summed E-state index contributed by atoms with van der Waals surface area (Å²) in [6.45, 7) is 4.70. The number of carbonyl (C=O) groups is 1. The van der Waals surface area contributed by atoms with Gasteiger partial charge in [0.25, 0.3) is 0 Å². The van der Waals surface area contributed by atoms with Gasteiger partial charge in [-0.2, -0.15) is 0 Å². The minimum absolute atomic E-state index is 0. The molecule has 1 saturated heterocycles. The van der Waals surface area contributed by atoms with Gasteiger partial charge >= 0.3 is 0 Å². The molecule has 0 unspecified atom stereocenters. The van der Waals surface area contributed by atoms with Gasteiger partial charge in [-0.25, -0.2) is 0 Å². The van der Waals surface area contributed by atoms with E-state index in [0.717, 1.165) is 25.9 Å². The van der Waals surface area contributed by atoms with E-state index in [2.05, 4.69) is 41.8 Å². The molecule has 1 amide bonds. The largest absolute Gasteiger partial charge is 0.351 e. The fourth-order valence-corrected chi connectivity index (χ4v) is 4.12. The maximum atomic E-state index is 12.8. The van der Waals surface area contributed by atoms with Crippen LogP contribution >= 0.6 is 12.4 Å². The van der Waals surface area contributed by atoms with Crippen molar-refractivity contribution >= 4 is 18.3 Å². The van der Waals surface area contributed by atoms with Crippen molar-refractivity contribution in [2.75, 3.05) is 13.1 Å². The van der Waals surface area contributed by atoms with E-state index in [0.29, 0.717) is 12.5 Å². The summed E-state index contributed by atoms with van der Waals surface area (Å²) in [6.07, 6.45) is 5.73. The first-order valence-corrected chi connectivity index (χ1v) is 8.32. The first kappa shape index (κ1) is 17.3. The molecular weight excluding hydrogens is 296 g/mol. The van der Waals surface area contributed by atoms with E-state index < -0.39 is 0 Å². The summed E-state index contributed by atoms with van der Waals surface area (Å²) in [4.78, 5) is 12.8. The maximum Gasteiger partial charge on any atom is 0.228 e. The molecule has 2 N–H and O–H groups in total. The minimum Gasteiger partial charge on any atom is -0.351 e. The average Bonchev–Trinajstić information content (AvgIpc) is 2.98. The van der Waals surface area contributed by atoms with Gasteiger partial charge in [-0.1, -0.05) is 44.0 Å². The predicted octanol–water partition coefficient (Wildman–Crippen LogP) is 3.07. The van der Waals surface area contributed by atoms with E-state index in [4.69, 9.17) is 0 Å². The Kier molecular flexibility index (Phi) is 5.87. The second-order valence-corrected chi connectivity index (χ2v) is 6.53. The standard InChI is InChI=1S/C18H26N2O.ClH/c1-2-14-7-3-4-8-15(14)11-20-17(21)18-10-6-5-9-16(18)12-19-13-18;/h3-4,7-8,16,19H,2,5-6,9-13H2,1H3,(H,20,21);1H/t16-,18+;/m0./s1. The molecule has 2 aliphatic rings. The minimum atomic E-state index is -0.139. The van der Waals surface area contributed by atoms with E-state index in [-0.39, 0.29) is 23.7 Å². The van der Waals surface area contributed by atoms with Crippen molar-refractivity contribution in [2.24, 2.45) is 11.3 Å². The number of amides is 1. The van der Waals surface area contributed by atoms with Crippen LogP contribution in [0.1, 0.15) is 43.7 Å². The Hall–Kier alpha value is -1.06. The van der Waals surface area contributed by atoms with Gasteiger partial charge in [0.15, 0.2) is 0 Å². The van der Waals surface area contributed by atoms with Crippen LogP contribution in [0.2, 0.25) is 0 Å². The smallest absolute Gasteiger partial charge is 0.228 e. The molecular formula is C18H27ClN2O. The summed E-state index contributed by atoms with van der Waals surface area (Å²) < 4.78 is 0. The number of fused-ring (bicyclic) bond motifs is 1. The number of rotatable bonds is 4. The van der Waals surface area contributed by atoms with Crippen molar-refractivity contribution in [3.8, 4) is 0 Å². The van der Waals surface area contributed by atoms with Gasteiger partial charge in [0, 0.05) is 13.1 Å². The zero-order chi connectivity index (χ0) is 14.7. The van der Waals surface area contributed by atoms with Gasteiger partial charge in [0.2, 0.25) is 5.91 Å². The highest BCUT2D eigenvalue weighted by Crippen LogP contribution is 2.43. The zero-order valence-electron chi connectivity index (χ0n) is 13.4. The first-order chi connectivity index (χ1) is 10.3. The topological polar surface area (TPSA) is 41.1 Å². The molecule has 1 saturated carbocycles. The summed E-state index contributed by atoms with van der Waals surface area (Å²) >= 11 is 0. The Labute approximate surface area is 139 Å². The molecule has 2 fully saturated rings. The van der Waals surface area contributed by atoms with Crippen molar-refractivity contribution < 1.29 is 4.79 Å². The van der Waals surface area contributed by atoms with E-state index in [1.54, 1.807) is 0 Å². The van der Waals surface area contributed by atoms with Crippen molar-refractivity contribution in [2.45, 2.75) is 45.6 Å². The molecule has 0 aromatic heterocycles. The number of halogens is 1. The normalized spacial score (nSPS) is 26.9. The molecule has 0 radical (unpaired) electrons. The number of benzene rings is 1. The Morgan fingerprint density at radius 3 is 2.86 bits per heavy atom. The fraction of sp³-hybridized carbons (Fsp3) is 0.611. The second-order valence-electron chi connectivity index (χ2n) is 6.53. The van der Waals surface area contributed by atoms with Crippen LogP contribution in [0.25, 0.3) is 0 Å². The average molecular weight is 323 g/mol. The molecule has 22 heavy (non-hydrogen) atoms. The number of aryl methyl sites for hydroxylation is 1. The van der Waals surface area contributed by atoms with Crippen LogP contribution in [-0.2, 0) is 17.8 Å². The summed E-state index contributed by atoms with van der Waals surface area (Å²) in [5.74, 6) is 0.802. The van der Waals surface area contributed by atoms with Crippen molar-refractivity contribution in [1.29, 1.82) is 0 Å². The third kappa shape index (κ3) is 3.16. The van der Waals surface area contributed by atoms with Gasteiger partial charge < -0.3 is 10.6 Å². The van der Waals surface area contributed by atoms with Gasteiger partial charge in [0.05, 0.1) is 5.41 Å². The van der Waals surface area contributed by atoms with Crippen molar-refractivity contribution in [3.05, 3.63) is 35.4 Å². The number of hydrogen-bond donors (Lipinski definition) is 2. The molecule has 0 bridgehead atoms. The lowest BCUT2D eigenvalue weighted by Gasteiger charge is -2.37. The lowest BCUT2D eigenvalue weighted by atomic mass is 9.67. The molecule has 3 nitrogen and oxygen atoms in total. The van der Waals surface area contributed by atoms with Crippen LogP contribution in [0.15, 0.2) is 24.3 Å². The van der Waals surface area contributed by atoms with Crippen LogP contribution in [0.3, 0.4) is 0 Å². The third-order valence-corrected chi connectivity index (χ3v) is 5.43. The van der Waals surface area contributed by atoms with E-state index in [1.807, 2.05) is 0 Å². The van der Waals surface area contributed by atoms with Crippen molar-refractivity contribution in [1.82, 2.24) is 10.6 Å². The third-order valence-electron chi connectivity index (χ3n) is 5.43. The molecule has 3 rings (SSSR count). The van der Waals surface area contributed by atoms with Gasteiger partial charge in [0.1, 0.15) is 0 Å². The molecule has 1 aliphatic heterocycles. The van der Waals surface area contributed by atoms with Crippen LogP contribution < -0.4 is 10.6 Å². The number of carbonyl (C=O) groups excluding carboxylic acids is 1. The van der Waals surface area contributed by atoms with Crippen LogP contribution in [0.4, 0.5) is 0 Å². The van der Waals surface area contributed by atoms with E-state index in [9.17, 15) is 4.79 Å². The lowest BCUT2D eigenvalue weighted by Crippen LogP contribution is -2.47. The van der Waals surface area contributed by atoms with Crippen LogP contribution in [-0.4, -0.2) is 19.0 Å². The van der Waals surface area contributed by atoms with Crippen molar-refractivity contribution in [3.63, 3.8) is 0 Å². The number of hydrogen-bond acceptors (Lipinski definition) is 2. The van der Waals surface area contributed by atoms with Gasteiger partial charge in [-0.05, 0) is 42.9 Å². The summed E-state index contributed by atoms with van der Waals surface area (Å²) in [7, 11) is 0. The molecule has 122 valence electrons. The summed E-state index contributed by atoms with van der Waals surface area (Å²) in [5.41, 5.74) is 2.45. The van der Waals surface area contributed by atoms with Gasteiger partial charge in [-0.15, -0.1) is 12.4 Å². The molecule has 1 aliphatic carbocycles. The molecule has 4 heteroatoms. The van der Waals surface area contributed by atoms with E-state index >= 15 is 0 Å². The van der Waals surface area contributed by atoms with Gasteiger partial charge in [-0.3, -0.25) is 4.79 Å². The quantitative estimate of drug-likeness (QED) is 0.894. The fourth-order valence-electron chi connectivity index (χ4n) is 4.12. The Morgan fingerprint density at radius 2 is 2.09 bits per heavy atom. The monoisotopic (exact) mass is 322 g/mol. The maximum absolute atomic E-state index is 12.8. The second kappa shape index (κ2) is 7.47. The van der Waals surface area contributed by atoms with Crippen LogP contribution in [0.5, 0.6) is 0 Å². The van der Waals surface area contributed by atoms with E-state index in [1.165, 1.54) is 30.4 Å². The lowest BCUT2D eigenvalue weighted by molar-refractivity contribution is -0.134. The molecule has 1 heterocycles. The highest BCUT2D eigenvalue weighted by molar-refractivity contribution is 5.85. The Balaban J connectivity index is 0.00000176. The molecule has 2 atom stereocenters. The molecule has 1 aromatic carbocycles. The van der Waals surface area contributed by atoms with Crippen LogP contribution in [0, 0.1) is 11.3 Å². The predicted molar refractivity (Wildman–Crippen MR) is 92.2 cm³/mol. The highest BCUT2D eigenvalue weighted by atomic mass is 35.5. The Bertz CT molecular complexity index is 520. The molecule has 1 aromatic rings. The summed E-state index contributed by atoms with van der Waals surface area (Å²) in [6, 6.07) is 8.41.